The average molecular weight is 286 g/mol. The number of rotatable bonds is 7. The molecule has 1 atom stereocenters. The molecule has 1 rings (SSSR count). The summed E-state index contributed by atoms with van der Waals surface area (Å²) in [6.07, 6.45) is 4.60. The molecule has 0 heterocycles. The Balaban J connectivity index is 2.62. The smallest absolute Gasteiger partial charge is 0.0409 e. The van der Waals surface area contributed by atoms with Crippen molar-refractivity contribution in [1.29, 1.82) is 0 Å². The lowest BCUT2D eigenvalue weighted by atomic mass is 10.0. The first-order valence-electron chi connectivity index (χ1n) is 6.61. The van der Waals surface area contributed by atoms with Crippen LogP contribution >= 0.6 is 23.4 Å². The van der Waals surface area contributed by atoms with E-state index in [4.69, 9.17) is 11.6 Å². The van der Waals surface area contributed by atoms with Crippen LogP contribution in [-0.4, -0.2) is 17.5 Å². The van der Waals surface area contributed by atoms with Gasteiger partial charge in [0.25, 0.3) is 0 Å². The third-order valence-corrected chi connectivity index (χ3v) is 5.62. The highest BCUT2D eigenvalue weighted by molar-refractivity contribution is 8.00. The van der Waals surface area contributed by atoms with E-state index in [1.165, 1.54) is 18.4 Å². The molecule has 0 aliphatic rings. The maximum atomic E-state index is 6.03. The number of hydrogen-bond acceptors (Lipinski definition) is 2. The third kappa shape index (κ3) is 4.18. The second kappa shape index (κ2) is 7.42. The van der Waals surface area contributed by atoms with Gasteiger partial charge in [-0.1, -0.05) is 37.6 Å². The van der Waals surface area contributed by atoms with Gasteiger partial charge >= 0.3 is 0 Å². The van der Waals surface area contributed by atoms with Crippen LogP contribution < -0.4 is 5.32 Å². The summed E-state index contributed by atoms with van der Waals surface area (Å²) in [6.45, 7) is 7.77. The van der Waals surface area contributed by atoms with E-state index in [2.05, 4.69) is 38.4 Å². The first kappa shape index (κ1) is 15.9. The van der Waals surface area contributed by atoms with Crippen molar-refractivity contribution in [1.82, 2.24) is 5.32 Å². The lowest BCUT2D eigenvalue weighted by Gasteiger charge is -2.31. The average Bonchev–Trinajstić information content (AvgIpc) is 2.40. The van der Waals surface area contributed by atoms with Gasteiger partial charge in [0.05, 0.1) is 0 Å². The van der Waals surface area contributed by atoms with Gasteiger partial charge in [0.2, 0.25) is 0 Å². The lowest BCUT2D eigenvalue weighted by Crippen LogP contribution is -2.37. The molecule has 0 aromatic heterocycles. The van der Waals surface area contributed by atoms with Crippen molar-refractivity contribution in [2.45, 2.75) is 44.4 Å². The molecule has 102 valence electrons. The summed E-state index contributed by atoms with van der Waals surface area (Å²) in [5, 5.41) is 4.45. The van der Waals surface area contributed by atoms with Crippen molar-refractivity contribution in [3.8, 4) is 0 Å². The highest BCUT2D eigenvalue weighted by Crippen LogP contribution is 2.30. The van der Waals surface area contributed by atoms with E-state index in [0.717, 1.165) is 11.6 Å². The van der Waals surface area contributed by atoms with Gasteiger partial charge < -0.3 is 5.32 Å². The molecule has 0 aliphatic heterocycles. The molecule has 0 spiro atoms. The number of hydrogen-bond donors (Lipinski definition) is 1. The second-order valence-corrected chi connectivity index (χ2v) is 6.46. The van der Waals surface area contributed by atoms with Gasteiger partial charge in [-0.05, 0) is 43.7 Å². The molecule has 3 heteroatoms. The van der Waals surface area contributed by atoms with Crippen LogP contribution in [0.25, 0.3) is 0 Å². The Labute approximate surface area is 121 Å². The van der Waals surface area contributed by atoms with E-state index in [9.17, 15) is 0 Å². The lowest BCUT2D eigenvalue weighted by molar-refractivity contribution is 0.460. The Morgan fingerprint density at radius 2 is 2.00 bits per heavy atom. The Bertz CT molecular complexity index is 355. The summed E-state index contributed by atoms with van der Waals surface area (Å²) in [5.74, 6) is 0. The van der Waals surface area contributed by atoms with Gasteiger partial charge in [0.1, 0.15) is 0 Å². The minimum Gasteiger partial charge on any atom is -0.309 e. The summed E-state index contributed by atoms with van der Waals surface area (Å²) in [4.78, 5) is 0. The van der Waals surface area contributed by atoms with E-state index in [0.29, 0.717) is 10.8 Å². The fraction of sp³-hybridized carbons (Fsp3) is 0.600. The molecule has 0 saturated carbocycles. The predicted octanol–water partition coefficient (Wildman–Crippen LogP) is 4.91. The highest BCUT2D eigenvalue weighted by Gasteiger charge is 2.25. The largest absolute Gasteiger partial charge is 0.309 e. The van der Waals surface area contributed by atoms with Crippen LogP contribution in [0.3, 0.4) is 0 Å². The second-order valence-electron chi connectivity index (χ2n) is 4.75. The van der Waals surface area contributed by atoms with Crippen molar-refractivity contribution in [3.05, 3.63) is 34.9 Å². The summed E-state index contributed by atoms with van der Waals surface area (Å²) in [6, 6.07) is 8.44. The highest BCUT2D eigenvalue weighted by atomic mass is 35.5. The fourth-order valence-electron chi connectivity index (χ4n) is 2.09. The summed E-state index contributed by atoms with van der Waals surface area (Å²) >= 11 is 8.00. The van der Waals surface area contributed by atoms with Gasteiger partial charge in [-0.2, -0.15) is 11.8 Å². The topological polar surface area (TPSA) is 12.0 Å². The standard InChI is InChI=1S/C15H24ClNS/c1-5-15(6-2,18-4)11-17-12(3)13-8-7-9-14(16)10-13/h7-10,12,17H,5-6,11H2,1-4H3. The Morgan fingerprint density at radius 3 is 2.50 bits per heavy atom. The van der Waals surface area contributed by atoms with Gasteiger partial charge in [-0.15, -0.1) is 0 Å². The van der Waals surface area contributed by atoms with Crippen molar-refractivity contribution in [3.63, 3.8) is 0 Å². The van der Waals surface area contributed by atoms with E-state index in [1.54, 1.807) is 0 Å². The van der Waals surface area contributed by atoms with E-state index in [1.807, 2.05) is 30.0 Å². The molecule has 0 saturated heterocycles. The van der Waals surface area contributed by atoms with E-state index >= 15 is 0 Å². The maximum Gasteiger partial charge on any atom is 0.0409 e. The summed E-state index contributed by atoms with van der Waals surface area (Å²) < 4.78 is 0.354. The molecule has 1 nitrogen and oxygen atoms in total. The molecular weight excluding hydrogens is 262 g/mol. The van der Waals surface area contributed by atoms with E-state index < -0.39 is 0 Å². The molecular formula is C15H24ClNS. The van der Waals surface area contributed by atoms with Crippen molar-refractivity contribution in [2.75, 3.05) is 12.8 Å². The maximum absolute atomic E-state index is 6.03. The van der Waals surface area contributed by atoms with Crippen LogP contribution in [0.5, 0.6) is 0 Å². The van der Waals surface area contributed by atoms with Crippen LogP contribution in [0, 0.1) is 0 Å². The molecule has 1 N–H and O–H groups in total. The van der Waals surface area contributed by atoms with Gasteiger partial charge in [-0.3, -0.25) is 0 Å². The number of thioether (sulfide) groups is 1. The zero-order valence-corrected chi connectivity index (χ0v) is 13.4. The Kier molecular flexibility index (Phi) is 6.54. The number of nitrogens with one attached hydrogen (secondary N) is 1. The van der Waals surface area contributed by atoms with Crippen LogP contribution in [0.2, 0.25) is 5.02 Å². The molecule has 0 amide bonds. The quantitative estimate of drug-likeness (QED) is 0.764. The predicted molar refractivity (Wildman–Crippen MR) is 84.7 cm³/mol. The SMILES string of the molecule is CCC(CC)(CNC(C)c1cccc(Cl)c1)SC. The Hall–Kier alpha value is -0.180. The first-order valence-corrected chi connectivity index (χ1v) is 8.21. The molecule has 0 bridgehead atoms. The monoisotopic (exact) mass is 285 g/mol. The minimum absolute atomic E-state index is 0.341. The van der Waals surface area contributed by atoms with Crippen molar-refractivity contribution >= 4 is 23.4 Å². The molecule has 1 aromatic carbocycles. The Morgan fingerprint density at radius 1 is 1.33 bits per heavy atom. The first-order chi connectivity index (χ1) is 8.56. The normalized spacial score (nSPS) is 13.6. The van der Waals surface area contributed by atoms with Crippen molar-refractivity contribution < 1.29 is 0 Å². The van der Waals surface area contributed by atoms with Crippen LogP contribution in [0.1, 0.15) is 45.2 Å². The number of halogens is 1. The molecule has 0 fully saturated rings. The zero-order valence-electron chi connectivity index (χ0n) is 11.8. The van der Waals surface area contributed by atoms with Gasteiger partial charge in [0, 0.05) is 22.4 Å². The number of benzene rings is 1. The van der Waals surface area contributed by atoms with Crippen molar-refractivity contribution in [2.24, 2.45) is 0 Å². The molecule has 1 aromatic rings. The van der Waals surface area contributed by atoms with Crippen LogP contribution in [0.4, 0.5) is 0 Å². The van der Waals surface area contributed by atoms with Crippen LogP contribution in [-0.2, 0) is 0 Å². The molecule has 0 aliphatic carbocycles. The van der Waals surface area contributed by atoms with Crippen LogP contribution in [0.15, 0.2) is 24.3 Å². The van der Waals surface area contributed by atoms with E-state index in [-0.39, 0.29) is 0 Å². The molecule has 1 unspecified atom stereocenters. The zero-order chi connectivity index (χ0) is 13.6. The summed E-state index contributed by atoms with van der Waals surface area (Å²) in [5.41, 5.74) is 1.25. The van der Waals surface area contributed by atoms with Gasteiger partial charge in [0.15, 0.2) is 0 Å². The molecule has 0 radical (unpaired) electrons. The van der Waals surface area contributed by atoms with Gasteiger partial charge in [-0.25, -0.2) is 0 Å². The molecule has 18 heavy (non-hydrogen) atoms. The third-order valence-electron chi connectivity index (χ3n) is 3.80. The minimum atomic E-state index is 0.341. The summed E-state index contributed by atoms with van der Waals surface area (Å²) in [7, 11) is 0. The fourth-order valence-corrected chi connectivity index (χ4v) is 3.10.